The normalized spacial score (nSPS) is 13.0. The first kappa shape index (κ1) is 22.2. The molecule has 3 N–H and O–H groups in total. The molecule has 1 aromatic carbocycles. The Bertz CT molecular complexity index is 430. The first-order chi connectivity index (χ1) is 10.6. The lowest BCUT2D eigenvalue weighted by Gasteiger charge is -2.29. The molecule has 1 aromatic rings. The Morgan fingerprint density at radius 1 is 1.17 bits per heavy atom. The summed E-state index contributed by atoms with van der Waals surface area (Å²) in [5.41, 5.74) is 7.29. The molecule has 0 fully saturated rings. The lowest BCUT2D eigenvalue weighted by atomic mass is 10.1. The van der Waals surface area contributed by atoms with Crippen LogP contribution in [0.15, 0.2) is 35.3 Å². The summed E-state index contributed by atoms with van der Waals surface area (Å²) >= 11 is 0. The number of guanidine groups is 1. The maximum atomic E-state index is 5.99. The van der Waals surface area contributed by atoms with E-state index in [0.717, 1.165) is 26.1 Å². The van der Waals surface area contributed by atoms with E-state index in [1.807, 2.05) is 6.07 Å². The van der Waals surface area contributed by atoms with E-state index in [1.165, 1.54) is 5.56 Å². The number of hydrogen-bond acceptors (Lipinski definition) is 2. The highest BCUT2D eigenvalue weighted by Gasteiger charge is 2.17. The van der Waals surface area contributed by atoms with Gasteiger partial charge < -0.3 is 11.1 Å². The minimum absolute atomic E-state index is 0. The fourth-order valence-electron chi connectivity index (χ4n) is 2.50. The Labute approximate surface area is 158 Å². The van der Waals surface area contributed by atoms with Gasteiger partial charge in [-0.05, 0) is 31.0 Å². The third-order valence-corrected chi connectivity index (χ3v) is 3.90. The van der Waals surface area contributed by atoms with Crippen molar-refractivity contribution in [3.63, 3.8) is 0 Å². The minimum Gasteiger partial charge on any atom is -0.370 e. The Morgan fingerprint density at radius 3 is 2.30 bits per heavy atom. The number of nitrogens with two attached hydrogens (primary N) is 1. The van der Waals surface area contributed by atoms with Crippen molar-refractivity contribution in [2.75, 3.05) is 26.2 Å². The van der Waals surface area contributed by atoms with E-state index in [0.29, 0.717) is 18.4 Å². The van der Waals surface area contributed by atoms with Crippen molar-refractivity contribution >= 4 is 29.9 Å². The van der Waals surface area contributed by atoms with Gasteiger partial charge in [-0.1, -0.05) is 58.0 Å². The predicted molar refractivity (Wildman–Crippen MR) is 111 cm³/mol. The van der Waals surface area contributed by atoms with Gasteiger partial charge in [-0.15, -0.1) is 24.0 Å². The van der Waals surface area contributed by atoms with Crippen molar-refractivity contribution in [3.8, 4) is 0 Å². The topological polar surface area (TPSA) is 53.6 Å². The molecule has 0 amide bonds. The van der Waals surface area contributed by atoms with Crippen LogP contribution in [0.5, 0.6) is 0 Å². The number of nitrogens with one attached hydrogen (secondary N) is 1. The second-order valence-corrected chi connectivity index (χ2v) is 5.98. The maximum absolute atomic E-state index is 5.99. The van der Waals surface area contributed by atoms with E-state index >= 15 is 0 Å². The molecule has 0 aliphatic heterocycles. The van der Waals surface area contributed by atoms with Crippen molar-refractivity contribution < 1.29 is 0 Å². The summed E-state index contributed by atoms with van der Waals surface area (Å²) in [6, 6.07) is 10.8. The predicted octanol–water partition coefficient (Wildman–Crippen LogP) is 3.64. The molecule has 0 aliphatic rings. The van der Waals surface area contributed by atoms with Gasteiger partial charge in [-0.25, -0.2) is 0 Å². The molecular formula is C18H33IN4. The molecule has 4 nitrogen and oxygen atoms in total. The average molecular weight is 432 g/mol. The summed E-state index contributed by atoms with van der Waals surface area (Å²) in [7, 11) is 0. The van der Waals surface area contributed by atoms with Crippen LogP contribution in [-0.2, 0) is 0 Å². The van der Waals surface area contributed by atoms with Crippen molar-refractivity contribution in [1.82, 2.24) is 10.2 Å². The Kier molecular flexibility index (Phi) is 12.1. The summed E-state index contributed by atoms with van der Waals surface area (Å²) < 4.78 is 0. The number of aliphatic imine (C=N–C) groups is 1. The average Bonchev–Trinajstić information content (AvgIpc) is 2.52. The fraction of sp³-hybridized carbons (Fsp3) is 0.611. The van der Waals surface area contributed by atoms with Gasteiger partial charge in [0.15, 0.2) is 5.96 Å². The van der Waals surface area contributed by atoms with Crippen LogP contribution in [0.2, 0.25) is 0 Å². The molecule has 0 radical (unpaired) electrons. The molecule has 0 saturated heterocycles. The van der Waals surface area contributed by atoms with Crippen molar-refractivity contribution in [1.29, 1.82) is 0 Å². The zero-order valence-corrected chi connectivity index (χ0v) is 17.3. The zero-order chi connectivity index (χ0) is 16.4. The van der Waals surface area contributed by atoms with Gasteiger partial charge in [0.2, 0.25) is 0 Å². The molecule has 1 rings (SSSR count). The molecule has 5 heteroatoms. The van der Waals surface area contributed by atoms with E-state index in [2.05, 4.69) is 67.2 Å². The molecule has 0 aliphatic carbocycles. The minimum atomic E-state index is 0. The van der Waals surface area contributed by atoms with Crippen molar-refractivity contribution in [2.24, 2.45) is 16.6 Å². The summed E-state index contributed by atoms with van der Waals surface area (Å²) in [4.78, 5) is 6.97. The Balaban J connectivity index is 0.00000484. The first-order valence-corrected chi connectivity index (χ1v) is 8.41. The zero-order valence-electron chi connectivity index (χ0n) is 15.0. The first-order valence-electron chi connectivity index (χ1n) is 8.41. The number of rotatable bonds is 9. The molecule has 23 heavy (non-hydrogen) atoms. The van der Waals surface area contributed by atoms with Crippen LogP contribution in [0.25, 0.3) is 0 Å². The second kappa shape index (κ2) is 12.6. The van der Waals surface area contributed by atoms with E-state index in [1.54, 1.807) is 0 Å². The summed E-state index contributed by atoms with van der Waals surface area (Å²) in [6.45, 7) is 12.4. The number of likely N-dealkylation sites (N-methyl/N-ethyl adjacent to an activating group) is 1. The monoisotopic (exact) mass is 432 g/mol. The SMILES string of the molecule is CCN(CC)C(CN=C(N)NCCC(C)C)c1ccccc1.I. The maximum Gasteiger partial charge on any atom is 0.188 e. The molecule has 0 spiro atoms. The third-order valence-electron chi connectivity index (χ3n) is 3.90. The molecule has 0 heterocycles. The van der Waals surface area contributed by atoms with E-state index < -0.39 is 0 Å². The van der Waals surface area contributed by atoms with Gasteiger partial charge in [-0.2, -0.15) is 0 Å². The summed E-state index contributed by atoms with van der Waals surface area (Å²) in [6.07, 6.45) is 1.11. The van der Waals surface area contributed by atoms with E-state index in [9.17, 15) is 0 Å². The molecule has 0 saturated carbocycles. The third kappa shape index (κ3) is 8.55. The van der Waals surface area contributed by atoms with Gasteiger partial charge in [0.25, 0.3) is 0 Å². The molecule has 1 atom stereocenters. The van der Waals surface area contributed by atoms with Crippen LogP contribution in [-0.4, -0.2) is 37.0 Å². The van der Waals surface area contributed by atoms with Gasteiger partial charge in [0.05, 0.1) is 12.6 Å². The lowest BCUT2D eigenvalue weighted by Crippen LogP contribution is -2.35. The van der Waals surface area contributed by atoms with Crippen LogP contribution in [0.4, 0.5) is 0 Å². The summed E-state index contributed by atoms with van der Waals surface area (Å²) in [5, 5.41) is 3.20. The smallest absolute Gasteiger partial charge is 0.188 e. The fourth-order valence-corrected chi connectivity index (χ4v) is 2.50. The van der Waals surface area contributed by atoms with Crippen LogP contribution < -0.4 is 11.1 Å². The number of hydrogen-bond donors (Lipinski definition) is 2. The van der Waals surface area contributed by atoms with Crippen LogP contribution in [0.3, 0.4) is 0 Å². The van der Waals surface area contributed by atoms with Crippen LogP contribution in [0, 0.1) is 5.92 Å². The van der Waals surface area contributed by atoms with Crippen molar-refractivity contribution in [3.05, 3.63) is 35.9 Å². The highest BCUT2D eigenvalue weighted by Crippen LogP contribution is 2.20. The van der Waals surface area contributed by atoms with Gasteiger partial charge in [-0.3, -0.25) is 9.89 Å². The van der Waals surface area contributed by atoms with Crippen LogP contribution >= 0.6 is 24.0 Å². The second-order valence-electron chi connectivity index (χ2n) is 5.98. The largest absolute Gasteiger partial charge is 0.370 e. The molecule has 1 unspecified atom stereocenters. The Hall–Kier alpha value is -0.820. The summed E-state index contributed by atoms with van der Waals surface area (Å²) in [5.74, 6) is 1.22. The van der Waals surface area contributed by atoms with E-state index in [-0.39, 0.29) is 30.0 Å². The highest BCUT2D eigenvalue weighted by atomic mass is 127. The molecular weight excluding hydrogens is 399 g/mol. The molecule has 132 valence electrons. The van der Waals surface area contributed by atoms with Gasteiger partial charge in [0, 0.05) is 6.54 Å². The Morgan fingerprint density at radius 2 is 1.78 bits per heavy atom. The standard InChI is InChI=1S/C18H32N4.HI/c1-5-22(6-2)17(16-10-8-7-9-11-16)14-21-18(19)20-13-12-15(3)4;/h7-11,15,17H,5-6,12-14H2,1-4H3,(H3,19,20,21);1H. The number of nitrogens with zero attached hydrogens (tertiary/aromatic N) is 2. The highest BCUT2D eigenvalue weighted by molar-refractivity contribution is 14.0. The van der Waals surface area contributed by atoms with Gasteiger partial charge in [0.1, 0.15) is 0 Å². The quantitative estimate of drug-likeness (QED) is 0.356. The number of halogens is 1. The molecule has 0 aromatic heterocycles. The van der Waals surface area contributed by atoms with E-state index in [4.69, 9.17) is 5.73 Å². The van der Waals surface area contributed by atoms with Crippen molar-refractivity contribution in [2.45, 2.75) is 40.2 Å². The number of benzene rings is 1. The van der Waals surface area contributed by atoms with Crippen LogP contribution in [0.1, 0.15) is 45.7 Å². The molecule has 0 bridgehead atoms. The lowest BCUT2D eigenvalue weighted by molar-refractivity contribution is 0.224. The van der Waals surface area contributed by atoms with Gasteiger partial charge >= 0.3 is 0 Å².